The molecule has 0 atom stereocenters. The molecule has 0 fully saturated rings. The van der Waals surface area contributed by atoms with Crippen LogP contribution in [0.25, 0.3) is 0 Å². The van der Waals surface area contributed by atoms with Crippen molar-refractivity contribution < 1.29 is 4.79 Å². The zero-order chi connectivity index (χ0) is 16.9. The summed E-state index contributed by atoms with van der Waals surface area (Å²) >= 11 is 1.64. The monoisotopic (exact) mass is 344 g/mol. The largest absolute Gasteiger partial charge is 0.338 e. The number of amides is 2. The third-order valence-corrected chi connectivity index (χ3v) is 5.52. The molecule has 6 heteroatoms. The molecule has 1 aliphatic heterocycles. The number of urea groups is 1. The fourth-order valence-electron chi connectivity index (χ4n) is 2.86. The predicted molar refractivity (Wildman–Crippen MR) is 96.3 cm³/mol. The molecular weight excluding hydrogens is 320 g/mol. The maximum Gasteiger partial charge on any atom is 0.317 e. The summed E-state index contributed by atoms with van der Waals surface area (Å²) in [7, 11) is 0. The Labute approximate surface area is 147 Å². The van der Waals surface area contributed by atoms with Crippen molar-refractivity contribution >= 4 is 17.4 Å². The predicted octanol–water partition coefficient (Wildman–Crippen LogP) is 3.36. The number of aromatic nitrogens is 2. The Kier molecular flexibility index (Phi) is 5.45. The van der Waals surface area contributed by atoms with Gasteiger partial charge in [0.15, 0.2) is 0 Å². The van der Waals surface area contributed by atoms with Gasteiger partial charge in [-0.2, -0.15) is 0 Å². The molecule has 5 nitrogen and oxygen atoms in total. The summed E-state index contributed by atoms with van der Waals surface area (Å²) in [5, 5.41) is 13.4. The number of carbonyl (C=O) groups is 1. The van der Waals surface area contributed by atoms with Gasteiger partial charge >= 0.3 is 6.03 Å². The summed E-state index contributed by atoms with van der Waals surface area (Å²) in [5.74, 6) is 0.406. The van der Waals surface area contributed by atoms with Crippen molar-refractivity contribution in [2.75, 3.05) is 13.1 Å². The molecule has 3 rings (SSSR count). The summed E-state index contributed by atoms with van der Waals surface area (Å²) in [5.41, 5.74) is 2.62. The molecule has 1 N–H and O–H groups in total. The Morgan fingerprint density at radius 1 is 1.29 bits per heavy atom. The number of carbonyl (C=O) groups excluding carboxylic acids is 1. The quantitative estimate of drug-likeness (QED) is 0.925. The smallest absolute Gasteiger partial charge is 0.317 e. The van der Waals surface area contributed by atoms with Gasteiger partial charge in [0.05, 0.1) is 0 Å². The van der Waals surface area contributed by atoms with E-state index in [0.29, 0.717) is 19.0 Å². The average molecular weight is 344 g/mol. The minimum absolute atomic E-state index is 0.0142. The lowest BCUT2D eigenvalue weighted by atomic mass is 10.0. The van der Waals surface area contributed by atoms with E-state index in [4.69, 9.17) is 0 Å². The van der Waals surface area contributed by atoms with Crippen LogP contribution in [0.1, 0.15) is 47.3 Å². The van der Waals surface area contributed by atoms with Crippen LogP contribution in [-0.4, -0.2) is 34.2 Å². The van der Waals surface area contributed by atoms with Gasteiger partial charge in [-0.05, 0) is 24.0 Å². The summed E-state index contributed by atoms with van der Waals surface area (Å²) < 4.78 is 0. The molecule has 24 heavy (non-hydrogen) atoms. The van der Waals surface area contributed by atoms with E-state index < -0.39 is 0 Å². The van der Waals surface area contributed by atoms with Crippen LogP contribution in [0.4, 0.5) is 4.79 Å². The van der Waals surface area contributed by atoms with Crippen LogP contribution in [0, 0.1) is 0 Å². The van der Waals surface area contributed by atoms with Gasteiger partial charge in [-0.3, -0.25) is 0 Å². The molecule has 1 aromatic heterocycles. The summed E-state index contributed by atoms with van der Waals surface area (Å²) in [6, 6.07) is 8.42. The molecule has 2 heterocycles. The second-order valence-electron chi connectivity index (χ2n) is 6.46. The number of nitrogens with one attached hydrogen (secondary N) is 1. The summed E-state index contributed by atoms with van der Waals surface area (Å²) in [6.45, 7) is 6.32. The van der Waals surface area contributed by atoms with Crippen LogP contribution in [0.2, 0.25) is 0 Å². The zero-order valence-electron chi connectivity index (χ0n) is 14.3. The molecule has 0 spiro atoms. The topological polar surface area (TPSA) is 58.1 Å². The van der Waals surface area contributed by atoms with E-state index in [0.717, 1.165) is 35.8 Å². The van der Waals surface area contributed by atoms with E-state index >= 15 is 0 Å². The Morgan fingerprint density at radius 3 is 2.83 bits per heavy atom. The van der Waals surface area contributed by atoms with Crippen molar-refractivity contribution in [1.29, 1.82) is 0 Å². The fourth-order valence-corrected chi connectivity index (χ4v) is 3.71. The molecule has 0 radical (unpaired) electrons. The highest BCUT2D eigenvalue weighted by atomic mass is 32.1. The summed E-state index contributed by atoms with van der Waals surface area (Å²) in [4.78, 5) is 14.4. The SMILES string of the molecule is CC(C)c1nnc(CCNC(=O)N2CCCc3ccccc3C2)s1. The Morgan fingerprint density at radius 2 is 2.08 bits per heavy atom. The van der Waals surface area contributed by atoms with E-state index in [1.807, 2.05) is 11.0 Å². The standard InChI is InChI=1S/C18H24N4OS/c1-13(2)17-21-20-16(24-17)9-10-19-18(23)22-11-5-8-14-6-3-4-7-15(14)12-22/h3-4,6-7,13H,5,8-12H2,1-2H3,(H,19,23). The number of fused-ring (bicyclic) bond motifs is 1. The Hall–Kier alpha value is -1.95. The lowest BCUT2D eigenvalue weighted by Gasteiger charge is -2.21. The first-order valence-electron chi connectivity index (χ1n) is 8.55. The fraction of sp³-hybridized carbons (Fsp3) is 0.500. The van der Waals surface area contributed by atoms with Crippen LogP contribution < -0.4 is 5.32 Å². The number of hydrogen-bond acceptors (Lipinski definition) is 4. The maximum absolute atomic E-state index is 12.4. The number of hydrogen-bond donors (Lipinski definition) is 1. The number of benzene rings is 1. The van der Waals surface area contributed by atoms with Crippen molar-refractivity contribution in [3.05, 3.63) is 45.4 Å². The molecule has 2 amide bonds. The van der Waals surface area contributed by atoms with E-state index in [1.165, 1.54) is 11.1 Å². The number of nitrogens with zero attached hydrogens (tertiary/aromatic N) is 3. The number of aryl methyl sites for hydroxylation is 1. The Bertz CT molecular complexity index is 698. The van der Waals surface area contributed by atoms with E-state index in [1.54, 1.807) is 11.3 Å². The lowest BCUT2D eigenvalue weighted by molar-refractivity contribution is 0.196. The van der Waals surface area contributed by atoms with Crippen molar-refractivity contribution in [2.45, 2.75) is 45.6 Å². The zero-order valence-corrected chi connectivity index (χ0v) is 15.1. The second-order valence-corrected chi connectivity index (χ2v) is 7.56. The van der Waals surface area contributed by atoms with Gasteiger partial charge in [-0.15, -0.1) is 21.5 Å². The molecular formula is C18H24N4OS. The van der Waals surface area contributed by atoms with Crippen molar-refractivity contribution in [2.24, 2.45) is 0 Å². The first-order chi connectivity index (χ1) is 11.6. The van der Waals surface area contributed by atoms with Crippen LogP contribution in [0.15, 0.2) is 24.3 Å². The van der Waals surface area contributed by atoms with E-state index in [2.05, 4.69) is 47.6 Å². The third-order valence-electron chi connectivity index (χ3n) is 4.23. The highest BCUT2D eigenvalue weighted by Gasteiger charge is 2.18. The lowest BCUT2D eigenvalue weighted by Crippen LogP contribution is -2.40. The molecule has 1 aromatic carbocycles. The molecule has 0 aliphatic carbocycles. The molecule has 0 unspecified atom stereocenters. The van der Waals surface area contributed by atoms with Gasteiger partial charge in [0.1, 0.15) is 10.0 Å². The number of rotatable bonds is 4. The molecule has 1 aliphatic rings. The molecule has 128 valence electrons. The van der Waals surface area contributed by atoms with Crippen LogP contribution in [-0.2, 0) is 19.4 Å². The van der Waals surface area contributed by atoms with Crippen LogP contribution in [0.3, 0.4) is 0 Å². The third kappa shape index (κ3) is 4.12. The second kappa shape index (κ2) is 7.75. The minimum atomic E-state index is 0.0142. The van der Waals surface area contributed by atoms with Crippen LogP contribution in [0.5, 0.6) is 0 Å². The van der Waals surface area contributed by atoms with Crippen molar-refractivity contribution in [3.8, 4) is 0 Å². The summed E-state index contributed by atoms with van der Waals surface area (Å²) in [6.07, 6.45) is 2.79. The van der Waals surface area contributed by atoms with Crippen molar-refractivity contribution in [3.63, 3.8) is 0 Å². The molecule has 2 aromatic rings. The molecule has 0 saturated carbocycles. The molecule has 0 saturated heterocycles. The Balaban J connectivity index is 1.51. The van der Waals surface area contributed by atoms with Gasteiger partial charge in [0.2, 0.25) is 0 Å². The van der Waals surface area contributed by atoms with Crippen molar-refractivity contribution in [1.82, 2.24) is 20.4 Å². The highest BCUT2D eigenvalue weighted by molar-refractivity contribution is 7.11. The molecule has 0 bridgehead atoms. The van der Waals surface area contributed by atoms with Gasteiger partial charge < -0.3 is 10.2 Å². The van der Waals surface area contributed by atoms with Gasteiger partial charge in [-0.25, -0.2) is 4.79 Å². The van der Waals surface area contributed by atoms with Gasteiger partial charge in [-0.1, -0.05) is 38.1 Å². The van der Waals surface area contributed by atoms with Gasteiger partial charge in [0.25, 0.3) is 0 Å². The van der Waals surface area contributed by atoms with Crippen LogP contribution >= 0.6 is 11.3 Å². The average Bonchev–Trinajstić information content (AvgIpc) is 2.93. The van der Waals surface area contributed by atoms with E-state index in [9.17, 15) is 4.79 Å². The maximum atomic E-state index is 12.4. The van der Waals surface area contributed by atoms with E-state index in [-0.39, 0.29) is 6.03 Å². The first-order valence-corrected chi connectivity index (χ1v) is 9.37. The minimum Gasteiger partial charge on any atom is -0.338 e. The first kappa shape index (κ1) is 16.9. The highest BCUT2D eigenvalue weighted by Crippen LogP contribution is 2.20. The van der Waals surface area contributed by atoms with Gasteiger partial charge in [0, 0.05) is 32.0 Å². The normalized spacial score (nSPS) is 14.4.